The normalized spacial score (nSPS) is 13.6. The highest BCUT2D eigenvalue weighted by atomic mass is 16.6. The summed E-state index contributed by atoms with van der Waals surface area (Å²) >= 11 is 0. The number of aliphatic hydroxyl groups excluding tert-OH is 1. The fourth-order valence-electron chi connectivity index (χ4n) is 3.05. The molecule has 0 aliphatic heterocycles. The zero-order valence-corrected chi connectivity index (χ0v) is 22.3. The SMILES string of the molecule is CC/C=C\C/C=C\C/C=C\C/C=C\C/C=C\C/C=C\CCCOCC(CO)OC(=O)CCCCC. The summed E-state index contributed by atoms with van der Waals surface area (Å²) in [7, 11) is 0. The van der Waals surface area contributed by atoms with Crippen LogP contribution in [0.5, 0.6) is 0 Å². The maximum absolute atomic E-state index is 11.7. The van der Waals surface area contributed by atoms with Crippen molar-refractivity contribution in [3.8, 4) is 0 Å². The molecular formula is C31H50O4. The number of rotatable bonds is 23. The van der Waals surface area contributed by atoms with Crippen LogP contribution in [0, 0.1) is 0 Å². The summed E-state index contributed by atoms with van der Waals surface area (Å²) in [4.78, 5) is 11.7. The Bertz CT molecular complexity index is 640. The van der Waals surface area contributed by atoms with Gasteiger partial charge in [0, 0.05) is 13.0 Å². The fourth-order valence-corrected chi connectivity index (χ4v) is 3.05. The highest BCUT2D eigenvalue weighted by Gasteiger charge is 2.13. The third-order valence-corrected chi connectivity index (χ3v) is 5.05. The topological polar surface area (TPSA) is 55.8 Å². The maximum Gasteiger partial charge on any atom is 0.306 e. The average Bonchev–Trinajstić information content (AvgIpc) is 2.86. The zero-order valence-electron chi connectivity index (χ0n) is 22.3. The number of carbonyl (C=O) groups excluding carboxylic acids is 1. The van der Waals surface area contributed by atoms with Gasteiger partial charge >= 0.3 is 5.97 Å². The van der Waals surface area contributed by atoms with Crippen LogP contribution < -0.4 is 0 Å². The van der Waals surface area contributed by atoms with Crippen LogP contribution in [0.1, 0.15) is 90.9 Å². The fraction of sp³-hybridized carbons (Fsp3) is 0.581. The van der Waals surface area contributed by atoms with Crippen molar-refractivity contribution in [2.24, 2.45) is 0 Å². The van der Waals surface area contributed by atoms with Crippen molar-refractivity contribution in [2.45, 2.75) is 97.0 Å². The van der Waals surface area contributed by atoms with Crippen molar-refractivity contribution >= 4 is 5.97 Å². The van der Waals surface area contributed by atoms with E-state index in [1.807, 2.05) is 0 Å². The van der Waals surface area contributed by atoms with Crippen LogP contribution in [0.3, 0.4) is 0 Å². The molecule has 1 atom stereocenters. The van der Waals surface area contributed by atoms with Crippen LogP contribution in [0.2, 0.25) is 0 Å². The van der Waals surface area contributed by atoms with Gasteiger partial charge in [-0.2, -0.15) is 0 Å². The molecule has 0 amide bonds. The standard InChI is InChI=1S/C31H50O4/c1-3-5-7-8-9-10-11-12-13-14-15-16-17-18-19-20-21-22-23-25-27-34-29-30(28-32)35-31(33)26-24-6-4-2/h5,7,9-10,12-13,15-16,18-19,21-22,30,32H,3-4,6,8,11,14,17,20,23-29H2,1-2H3/b7-5-,10-9-,13-12-,16-15-,19-18-,22-21-. The van der Waals surface area contributed by atoms with Crippen molar-refractivity contribution in [1.29, 1.82) is 0 Å². The Morgan fingerprint density at radius 3 is 1.71 bits per heavy atom. The third-order valence-electron chi connectivity index (χ3n) is 5.05. The number of hydrogen-bond acceptors (Lipinski definition) is 4. The first kappa shape index (κ1) is 32.8. The van der Waals surface area contributed by atoms with Crippen molar-refractivity contribution in [3.05, 3.63) is 72.9 Å². The van der Waals surface area contributed by atoms with E-state index < -0.39 is 6.10 Å². The lowest BCUT2D eigenvalue weighted by Gasteiger charge is -2.15. The van der Waals surface area contributed by atoms with Gasteiger partial charge in [0.2, 0.25) is 0 Å². The summed E-state index contributed by atoms with van der Waals surface area (Å²) in [5, 5.41) is 9.33. The maximum atomic E-state index is 11.7. The molecule has 0 heterocycles. The van der Waals surface area contributed by atoms with E-state index in [0.717, 1.165) is 70.6 Å². The molecule has 0 aromatic rings. The van der Waals surface area contributed by atoms with Crippen molar-refractivity contribution in [2.75, 3.05) is 19.8 Å². The van der Waals surface area contributed by atoms with Gasteiger partial charge in [-0.3, -0.25) is 4.79 Å². The molecule has 0 radical (unpaired) electrons. The molecule has 0 rings (SSSR count). The smallest absolute Gasteiger partial charge is 0.306 e. The summed E-state index contributed by atoms with van der Waals surface area (Å²) < 4.78 is 10.8. The molecule has 0 spiro atoms. The lowest BCUT2D eigenvalue weighted by Crippen LogP contribution is -2.27. The van der Waals surface area contributed by atoms with Crippen LogP contribution in [0.25, 0.3) is 0 Å². The molecule has 4 heteroatoms. The highest BCUT2D eigenvalue weighted by Crippen LogP contribution is 2.04. The minimum atomic E-state index is -0.560. The Morgan fingerprint density at radius 2 is 1.23 bits per heavy atom. The first-order chi connectivity index (χ1) is 17.2. The number of hydrogen-bond donors (Lipinski definition) is 1. The van der Waals surface area contributed by atoms with Crippen LogP contribution in [-0.2, 0) is 14.3 Å². The van der Waals surface area contributed by atoms with Crippen molar-refractivity contribution in [3.63, 3.8) is 0 Å². The second kappa shape index (κ2) is 28.1. The Hall–Kier alpha value is -2.17. The van der Waals surface area contributed by atoms with Gasteiger partial charge in [-0.25, -0.2) is 0 Å². The van der Waals surface area contributed by atoms with Crippen LogP contribution in [0.4, 0.5) is 0 Å². The Kier molecular flexibility index (Phi) is 26.3. The largest absolute Gasteiger partial charge is 0.457 e. The predicted octanol–water partition coefficient (Wildman–Crippen LogP) is 7.97. The lowest BCUT2D eigenvalue weighted by atomic mass is 10.2. The van der Waals surface area contributed by atoms with Gasteiger partial charge in [0.15, 0.2) is 0 Å². The number of esters is 1. The first-order valence-electron chi connectivity index (χ1n) is 13.5. The number of unbranched alkanes of at least 4 members (excludes halogenated alkanes) is 3. The van der Waals surface area contributed by atoms with Gasteiger partial charge in [-0.15, -0.1) is 0 Å². The minimum absolute atomic E-state index is 0.202. The van der Waals surface area contributed by atoms with E-state index in [1.165, 1.54) is 0 Å². The van der Waals surface area contributed by atoms with Gasteiger partial charge in [-0.1, -0.05) is 99.6 Å². The molecule has 0 bridgehead atoms. The summed E-state index contributed by atoms with van der Waals surface area (Å²) in [6, 6.07) is 0. The average molecular weight is 487 g/mol. The van der Waals surface area contributed by atoms with E-state index in [-0.39, 0.29) is 19.2 Å². The summed E-state index contributed by atoms with van der Waals surface area (Å²) in [6.07, 6.45) is 37.0. The molecule has 0 aliphatic rings. The molecule has 0 saturated carbocycles. The zero-order chi connectivity index (χ0) is 25.7. The van der Waals surface area contributed by atoms with Crippen LogP contribution in [0.15, 0.2) is 72.9 Å². The highest BCUT2D eigenvalue weighted by molar-refractivity contribution is 5.69. The van der Waals surface area contributed by atoms with Crippen molar-refractivity contribution < 1.29 is 19.4 Å². The second-order valence-corrected chi connectivity index (χ2v) is 8.38. The summed E-state index contributed by atoms with van der Waals surface area (Å²) in [5.41, 5.74) is 0. The Morgan fingerprint density at radius 1 is 0.714 bits per heavy atom. The third kappa shape index (κ3) is 26.3. The van der Waals surface area contributed by atoms with E-state index in [4.69, 9.17) is 9.47 Å². The number of carbonyl (C=O) groups is 1. The van der Waals surface area contributed by atoms with Crippen LogP contribution in [-0.4, -0.2) is 37.0 Å². The molecule has 0 aliphatic carbocycles. The quantitative estimate of drug-likeness (QED) is 0.0904. The van der Waals surface area contributed by atoms with Gasteiger partial charge in [-0.05, 0) is 57.8 Å². The van der Waals surface area contributed by atoms with Gasteiger partial charge in [0.1, 0.15) is 6.10 Å². The Balaban J connectivity index is 3.62. The molecule has 1 unspecified atom stereocenters. The lowest BCUT2D eigenvalue weighted by molar-refractivity contribution is -0.154. The summed E-state index contributed by atoms with van der Waals surface area (Å²) in [5.74, 6) is -0.251. The molecule has 0 fully saturated rings. The molecule has 198 valence electrons. The van der Waals surface area contributed by atoms with Gasteiger partial charge < -0.3 is 14.6 Å². The predicted molar refractivity (Wildman–Crippen MR) is 149 cm³/mol. The van der Waals surface area contributed by atoms with E-state index in [2.05, 4.69) is 86.8 Å². The molecule has 0 aromatic carbocycles. The Labute approximate surface area is 215 Å². The van der Waals surface area contributed by atoms with E-state index in [9.17, 15) is 9.90 Å². The minimum Gasteiger partial charge on any atom is -0.457 e. The summed E-state index contributed by atoms with van der Waals surface area (Å²) in [6.45, 7) is 4.89. The molecule has 35 heavy (non-hydrogen) atoms. The molecule has 4 nitrogen and oxygen atoms in total. The second-order valence-electron chi connectivity index (χ2n) is 8.38. The number of aliphatic hydroxyl groups is 1. The van der Waals surface area contributed by atoms with E-state index in [0.29, 0.717) is 13.0 Å². The molecule has 0 saturated heterocycles. The molecule has 0 aromatic heterocycles. The first-order valence-corrected chi connectivity index (χ1v) is 13.5. The number of allylic oxidation sites excluding steroid dienone is 12. The van der Waals surface area contributed by atoms with Crippen molar-refractivity contribution in [1.82, 2.24) is 0 Å². The number of ether oxygens (including phenoxy) is 2. The molecule has 1 N–H and O–H groups in total. The van der Waals surface area contributed by atoms with Crippen LogP contribution >= 0.6 is 0 Å². The molecular weight excluding hydrogens is 436 g/mol. The van der Waals surface area contributed by atoms with Gasteiger partial charge in [0.25, 0.3) is 0 Å². The van der Waals surface area contributed by atoms with Gasteiger partial charge in [0.05, 0.1) is 13.2 Å². The van der Waals surface area contributed by atoms with E-state index >= 15 is 0 Å². The van der Waals surface area contributed by atoms with E-state index in [1.54, 1.807) is 0 Å². The monoisotopic (exact) mass is 486 g/mol.